The summed E-state index contributed by atoms with van der Waals surface area (Å²) in [5, 5.41) is 2.86. The third-order valence-corrected chi connectivity index (χ3v) is 4.83. The number of carbonyl (C=O) groups is 2. The minimum atomic E-state index is -0.589. The Morgan fingerprint density at radius 2 is 2.19 bits per heavy atom. The fourth-order valence-corrected chi connectivity index (χ4v) is 3.51. The standard InChI is InChI=1S/C21H22FN3O2/c1-3-20(26)25-13-16(10-15-6-4-7-17(22)11-15)12-19(25)21(27)24-18-8-5-9-23-14(18)2/h3-9,11,16,19H,1,10,12-13H2,2H3,(H,24,27)/t16-,19+/m1/s1. The second-order valence-electron chi connectivity index (χ2n) is 6.77. The summed E-state index contributed by atoms with van der Waals surface area (Å²) < 4.78 is 13.4. The molecule has 1 fully saturated rings. The third-order valence-electron chi connectivity index (χ3n) is 4.83. The first-order valence-electron chi connectivity index (χ1n) is 8.88. The number of rotatable bonds is 5. The predicted octanol–water partition coefficient (Wildman–Crippen LogP) is 3.11. The Morgan fingerprint density at radius 1 is 1.37 bits per heavy atom. The van der Waals surface area contributed by atoms with Crippen molar-refractivity contribution >= 4 is 17.5 Å². The molecule has 0 aliphatic carbocycles. The van der Waals surface area contributed by atoms with Gasteiger partial charge in [0.2, 0.25) is 11.8 Å². The molecule has 0 unspecified atom stereocenters. The minimum absolute atomic E-state index is 0.0708. The normalized spacial score (nSPS) is 19.0. The zero-order chi connectivity index (χ0) is 19.4. The van der Waals surface area contributed by atoms with E-state index in [0.29, 0.717) is 30.8 Å². The lowest BCUT2D eigenvalue weighted by Crippen LogP contribution is -2.42. The number of benzene rings is 1. The van der Waals surface area contributed by atoms with Crippen LogP contribution >= 0.6 is 0 Å². The van der Waals surface area contributed by atoms with Crippen LogP contribution < -0.4 is 5.32 Å². The molecule has 2 aromatic rings. The summed E-state index contributed by atoms with van der Waals surface area (Å²) in [5.74, 6) is -0.741. The molecule has 1 aliphatic rings. The fourth-order valence-electron chi connectivity index (χ4n) is 3.51. The number of pyridine rings is 1. The molecule has 5 nitrogen and oxygen atoms in total. The van der Waals surface area contributed by atoms with E-state index in [4.69, 9.17) is 0 Å². The summed E-state index contributed by atoms with van der Waals surface area (Å²) in [5.41, 5.74) is 2.19. The maximum Gasteiger partial charge on any atom is 0.247 e. The number of aryl methyl sites for hydroxylation is 1. The zero-order valence-electron chi connectivity index (χ0n) is 15.2. The van der Waals surface area contributed by atoms with Gasteiger partial charge in [0.05, 0.1) is 11.4 Å². The van der Waals surface area contributed by atoms with E-state index < -0.39 is 6.04 Å². The van der Waals surface area contributed by atoms with E-state index in [0.717, 1.165) is 5.56 Å². The number of hydrogen-bond acceptors (Lipinski definition) is 3. The van der Waals surface area contributed by atoms with E-state index >= 15 is 0 Å². The van der Waals surface area contributed by atoms with Crippen molar-refractivity contribution in [2.24, 2.45) is 5.92 Å². The number of amides is 2. The Balaban J connectivity index is 1.75. The number of carbonyl (C=O) groups excluding carboxylic acids is 2. The largest absolute Gasteiger partial charge is 0.327 e. The van der Waals surface area contributed by atoms with Crippen molar-refractivity contribution in [3.63, 3.8) is 0 Å². The molecule has 2 heterocycles. The lowest BCUT2D eigenvalue weighted by Gasteiger charge is -2.22. The van der Waals surface area contributed by atoms with Crippen molar-refractivity contribution in [3.05, 3.63) is 72.3 Å². The highest BCUT2D eigenvalue weighted by atomic mass is 19.1. The molecule has 0 saturated carbocycles. The first-order chi connectivity index (χ1) is 13.0. The van der Waals surface area contributed by atoms with Crippen LogP contribution in [-0.4, -0.2) is 34.3 Å². The van der Waals surface area contributed by atoms with Gasteiger partial charge in [-0.1, -0.05) is 18.7 Å². The van der Waals surface area contributed by atoms with Crippen molar-refractivity contribution in [3.8, 4) is 0 Å². The molecule has 1 N–H and O–H groups in total. The van der Waals surface area contributed by atoms with Crippen LogP contribution in [0.4, 0.5) is 10.1 Å². The molecular formula is C21H22FN3O2. The van der Waals surface area contributed by atoms with E-state index in [1.165, 1.54) is 23.1 Å². The van der Waals surface area contributed by atoms with Crippen molar-refractivity contribution in [1.29, 1.82) is 0 Å². The average molecular weight is 367 g/mol. The van der Waals surface area contributed by atoms with Gasteiger partial charge >= 0.3 is 0 Å². The molecular weight excluding hydrogens is 345 g/mol. The molecule has 140 valence electrons. The smallest absolute Gasteiger partial charge is 0.247 e. The van der Waals surface area contributed by atoms with Gasteiger partial charge in [-0.2, -0.15) is 0 Å². The third kappa shape index (κ3) is 4.39. The highest BCUT2D eigenvalue weighted by molar-refractivity contribution is 5.99. The zero-order valence-corrected chi connectivity index (χ0v) is 15.2. The number of nitrogens with one attached hydrogen (secondary N) is 1. The fraction of sp³-hybridized carbons (Fsp3) is 0.286. The number of halogens is 1. The molecule has 2 amide bonds. The van der Waals surface area contributed by atoms with Crippen LogP contribution in [0.3, 0.4) is 0 Å². The van der Waals surface area contributed by atoms with Crippen LogP contribution in [0, 0.1) is 18.7 Å². The number of aromatic nitrogens is 1. The molecule has 1 saturated heterocycles. The van der Waals surface area contributed by atoms with Crippen LogP contribution in [0.5, 0.6) is 0 Å². The predicted molar refractivity (Wildman–Crippen MR) is 102 cm³/mol. The summed E-state index contributed by atoms with van der Waals surface area (Å²) in [6.45, 7) is 5.78. The Hall–Kier alpha value is -3.02. The van der Waals surface area contributed by atoms with E-state index in [-0.39, 0.29) is 23.5 Å². The molecule has 6 heteroatoms. The van der Waals surface area contributed by atoms with Crippen LogP contribution in [-0.2, 0) is 16.0 Å². The quantitative estimate of drug-likeness (QED) is 0.826. The maximum absolute atomic E-state index is 13.4. The van der Waals surface area contributed by atoms with Crippen LogP contribution in [0.1, 0.15) is 17.7 Å². The van der Waals surface area contributed by atoms with Gasteiger partial charge in [-0.05, 0) is 61.6 Å². The summed E-state index contributed by atoms with van der Waals surface area (Å²) >= 11 is 0. The van der Waals surface area contributed by atoms with Gasteiger partial charge in [0, 0.05) is 12.7 Å². The van der Waals surface area contributed by atoms with Gasteiger partial charge < -0.3 is 10.2 Å². The number of likely N-dealkylation sites (tertiary alicyclic amines) is 1. The second kappa shape index (κ2) is 8.12. The van der Waals surface area contributed by atoms with E-state index in [1.54, 1.807) is 24.4 Å². The first-order valence-corrected chi connectivity index (χ1v) is 8.88. The molecule has 27 heavy (non-hydrogen) atoms. The number of anilines is 1. The van der Waals surface area contributed by atoms with Crippen molar-refractivity contribution < 1.29 is 14.0 Å². The van der Waals surface area contributed by atoms with Gasteiger partial charge in [-0.3, -0.25) is 14.6 Å². The molecule has 3 rings (SSSR count). The highest BCUT2D eigenvalue weighted by Gasteiger charge is 2.38. The summed E-state index contributed by atoms with van der Waals surface area (Å²) in [7, 11) is 0. The Kier molecular flexibility index (Phi) is 5.64. The van der Waals surface area contributed by atoms with Crippen molar-refractivity contribution in [1.82, 2.24) is 9.88 Å². The van der Waals surface area contributed by atoms with E-state index in [9.17, 15) is 14.0 Å². The number of hydrogen-bond donors (Lipinski definition) is 1. The second-order valence-corrected chi connectivity index (χ2v) is 6.77. The van der Waals surface area contributed by atoms with Gasteiger partial charge in [-0.25, -0.2) is 4.39 Å². The monoisotopic (exact) mass is 367 g/mol. The van der Waals surface area contributed by atoms with Gasteiger partial charge in [-0.15, -0.1) is 0 Å². The lowest BCUT2D eigenvalue weighted by atomic mass is 9.96. The lowest BCUT2D eigenvalue weighted by molar-refractivity contribution is -0.132. The topological polar surface area (TPSA) is 62.3 Å². The first kappa shape index (κ1) is 18.8. The van der Waals surface area contributed by atoms with Gasteiger partial charge in [0.25, 0.3) is 0 Å². The van der Waals surface area contributed by atoms with Crippen LogP contribution in [0.2, 0.25) is 0 Å². The van der Waals surface area contributed by atoms with Crippen molar-refractivity contribution in [2.45, 2.75) is 25.8 Å². The Bertz CT molecular complexity index is 868. The Labute approximate surface area is 157 Å². The molecule has 1 aromatic carbocycles. The summed E-state index contributed by atoms with van der Waals surface area (Å²) in [6.07, 6.45) is 4.00. The van der Waals surface area contributed by atoms with Crippen molar-refractivity contribution in [2.75, 3.05) is 11.9 Å². The minimum Gasteiger partial charge on any atom is -0.327 e. The molecule has 0 bridgehead atoms. The van der Waals surface area contributed by atoms with Gasteiger partial charge in [0.15, 0.2) is 0 Å². The van der Waals surface area contributed by atoms with E-state index in [1.807, 2.05) is 13.0 Å². The highest BCUT2D eigenvalue weighted by Crippen LogP contribution is 2.28. The number of nitrogens with zero attached hydrogens (tertiary/aromatic N) is 2. The molecule has 1 aliphatic heterocycles. The molecule has 0 spiro atoms. The summed E-state index contributed by atoms with van der Waals surface area (Å²) in [6, 6.07) is 9.35. The van der Waals surface area contributed by atoms with Gasteiger partial charge in [0.1, 0.15) is 11.9 Å². The Morgan fingerprint density at radius 3 is 2.89 bits per heavy atom. The summed E-state index contributed by atoms with van der Waals surface area (Å²) in [4.78, 5) is 30.8. The maximum atomic E-state index is 13.4. The molecule has 2 atom stereocenters. The molecule has 0 radical (unpaired) electrons. The van der Waals surface area contributed by atoms with Crippen LogP contribution in [0.25, 0.3) is 0 Å². The average Bonchev–Trinajstić information content (AvgIpc) is 3.07. The van der Waals surface area contributed by atoms with E-state index in [2.05, 4.69) is 16.9 Å². The van der Waals surface area contributed by atoms with Crippen LogP contribution in [0.15, 0.2) is 55.3 Å². The molecule has 1 aromatic heterocycles. The SMILES string of the molecule is C=CC(=O)N1C[C@H](Cc2cccc(F)c2)C[C@H]1C(=O)Nc1cccnc1C.